The van der Waals surface area contributed by atoms with Gasteiger partial charge in [0.25, 0.3) is 5.91 Å². The number of nitrogens with one attached hydrogen (secondary N) is 1. The molecule has 5 nitrogen and oxygen atoms in total. The molecule has 0 heterocycles. The fourth-order valence-corrected chi connectivity index (χ4v) is 2.32. The molecule has 0 radical (unpaired) electrons. The predicted octanol–water partition coefficient (Wildman–Crippen LogP) is 0.964. The van der Waals surface area contributed by atoms with Crippen molar-refractivity contribution in [2.45, 2.75) is 0 Å². The summed E-state index contributed by atoms with van der Waals surface area (Å²) in [5.74, 6) is 7.33. The van der Waals surface area contributed by atoms with Crippen molar-refractivity contribution in [3.63, 3.8) is 0 Å². The average Bonchev–Trinajstić information content (AvgIpc) is 2.42. The smallest absolute Gasteiger partial charge is 0.268 e. The molecule has 0 saturated carbocycles. The number of amides is 1. The van der Waals surface area contributed by atoms with E-state index in [1.54, 1.807) is 18.2 Å². The minimum Gasteiger partial charge on any atom is -0.492 e. The molecule has 0 aliphatic heterocycles. The molecule has 19 heavy (non-hydrogen) atoms. The first-order chi connectivity index (χ1) is 9.15. The molecule has 3 N–H and O–H groups in total. The monoisotopic (exact) mass is 283 g/mol. The first kappa shape index (κ1) is 15.8. The van der Waals surface area contributed by atoms with Gasteiger partial charge in [-0.1, -0.05) is 12.1 Å². The van der Waals surface area contributed by atoms with Crippen LogP contribution in [-0.4, -0.2) is 49.6 Å². The number of carbonyl (C=O) groups excluding carboxylic acids is 1. The number of nitrogens with zero attached hydrogens (tertiary/aromatic N) is 1. The van der Waals surface area contributed by atoms with Crippen LogP contribution >= 0.6 is 11.8 Å². The van der Waals surface area contributed by atoms with Crippen LogP contribution < -0.4 is 16.0 Å². The highest BCUT2D eigenvalue weighted by molar-refractivity contribution is 7.99. The third kappa shape index (κ3) is 5.96. The molecule has 0 aliphatic carbocycles. The van der Waals surface area contributed by atoms with E-state index in [0.29, 0.717) is 17.9 Å². The number of thioether (sulfide) groups is 1. The molecule has 6 heteroatoms. The Morgan fingerprint density at radius 3 is 2.79 bits per heavy atom. The van der Waals surface area contributed by atoms with E-state index in [1.165, 1.54) is 0 Å². The number of hydrazine groups is 1. The van der Waals surface area contributed by atoms with Crippen LogP contribution in [0.5, 0.6) is 5.75 Å². The van der Waals surface area contributed by atoms with E-state index >= 15 is 0 Å². The quantitative estimate of drug-likeness (QED) is 0.322. The molecule has 1 rings (SSSR count). The normalized spacial score (nSPS) is 10.5. The van der Waals surface area contributed by atoms with Crippen molar-refractivity contribution < 1.29 is 9.53 Å². The Labute approximate surface area is 118 Å². The van der Waals surface area contributed by atoms with Gasteiger partial charge in [-0.25, -0.2) is 5.84 Å². The number of para-hydroxylation sites is 1. The largest absolute Gasteiger partial charge is 0.492 e. The van der Waals surface area contributed by atoms with Crippen LogP contribution in [-0.2, 0) is 0 Å². The van der Waals surface area contributed by atoms with Gasteiger partial charge in [-0.2, -0.15) is 11.8 Å². The van der Waals surface area contributed by atoms with Gasteiger partial charge >= 0.3 is 0 Å². The fourth-order valence-electron chi connectivity index (χ4n) is 1.42. The second kappa shape index (κ2) is 8.79. The van der Waals surface area contributed by atoms with E-state index in [4.69, 9.17) is 10.6 Å². The Kier molecular flexibility index (Phi) is 7.32. The number of rotatable bonds is 8. The van der Waals surface area contributed by atoms with E-state index in [9.17, 15) is 4.79 Å². The topological polar surface area (TPSA) is 67.6 Å². The Hall–Kier alpha value is -1.24. The van der Waals surface area contributed by atoms with Crippen molar-refractivity contribution in [2.24, 2.45) is 5.84 Å². The standard InChI is InChI=1S/C13H21N3O2S/c1-16(2)7-9-19-10-8-18-12-6-4-3-5-11(12)13(17)15-14/h3-6H,7-10,14H2,1-2H3,(H,15,17). The summed E-state index contributed by atoms with van der Waals surface area (Å²) in [7, 11) is 4.11. The Bertz CT molecular complexity index is 399. The van der Waals surface area contributed by atoms with Gasteiger partial charge in [-0.15, -0.1) is 0 Å². The molecule has 0 aliphatic rings. The number of benzene rings is 1. The van der Waals surface area contributed by atoms with E-state index in [1.807, 2.05) is 17.8 Å². The molecule has 0 saturated heterocycles. The minimum absolute atomic E-state index is 0.337. The lowest BCUT2D eigenvalue weighted by Gasteiger charge is -2.11. The Balaban J connectivity index is 2.35. The van der Waals surface area contributed by atoms with Gasteiger partial charge in [-0.3, -0.25) is 10.2 Å². The first-order valence-electron chi connectivity index (χ1n) is 6.10. The molecule has 1 amide bonds. The molecule has 106 valence electrons. The summed E-state index contributed by atoms with van der Waals surface area (Å²) in [6.07, 6.45) is 0. The lowest BCUT2D eigenvalue weighted by atomic mass is 10.2. The zero-order valence-corrected chi connectivity index (χ0v) is 12.2. The Morgan fingerprint density at radius 1 is 1.37 bits per heavy atom. The molecule has 1 aromatic carbocycles. The van der Waals surface area contributed by atoms with Gasteiger partial charge in [0, 0.05) is 18.1 Å². The van der Waals surface area contributed by atoms with Crippen molar-refractivity contribution in [1.29, 1.82) is 0 Å². The maximum Gasteiger partial charge on any atom is 0.268 e. The Morgan fingerprint density at radius 2 is 2.11 bits per heavy atom. The molecule has 0 bridgehead atoms. The number of nitrogens with two attached hydrogens (primary N) is 1. The maximum atomic E-state index is 11.5. The molecule has 0 fully saturated rings. The lowest BCUT2D eigenvalue weighted by molar-refractivity contribution is 0.0950. The highest BCUT2D eigenvalue weighted by atomic mass is 32.2. The summed E-state index contributed by atoms with van der Waals surface area (Å²) >= 11 is 1.83. The van der Waals surface area contributed by atoms with E-state index in [2.05, 4.69) is 24.4 Å². The van der Waals surface area contributed by atoms with E-state index in [0.717, 1.165) is 18.1 Å². The van der Waals surface area contributed by atoms with Crippen LogP contribution in [0.3, 0.4) is 0 Å². The minimum atomic E-state index is -0.337. The van der Waals surface area contributed by atoms with Crippen LogP contribution in [0.1, 0.15) is 10.4 Å². The van der Waals surface area contributed by atoms with Crippen LogP contribution in [0.2, 0.25) is 0 Å². The van der Waals surface area contributed by atoms with Crippen molar-refractivity contribution >= 4 is 17.7 Å². The third-order valence-electron chi connectivity index (χ3n) is 2.43. The summed E-state index contributed by atoms with van der Waals surface area (Å²) in [4.78, 5) is 13.7. The molecule has 0 atom stereocenters. The van der Waals surface area contributed by atoms with Gasteiger partial charge < -0.3 is 9.64 Å². The number of ether oxygens (including phenoxy) is 1. The zero-order chi connectivity index (χ0) is 14.1. The van der Waals surface area contributed by atoms with Crippen molar-refractivity contribution in [2.75, 3.05) is 38.8 Å². The summed E-state index contributed by atoms with van der Waals surface area (Å²) in [6.45, 7) is 1.63. The van der Waals surface area contributed by atoms with Crippen LogP contribution in [0.25, 0.3) is 0 Å². The van der Waals surface area contributed by atoms with Crippen molar-refractivity contribution in [3.05, 3.63) is 29.8 Å². The predicted molar refractivity (Wildman–Crippen MR) is 79.5 cm³/mol. The first-order valence-corrected chi connectivity index (χ1v) is 7.26. The molecular weight excluding hydrogens is 262 g/mol. The number of carbonyl (C=O) groups is 1. The fraction of sp³-hybridized carbons (Fsp3) is 0.462. The van der Waals surface area contributed by atoms with Gasteiger partial charge in [-0.05, 0) is 26.2 Å². The third-order valence-corrected chi connectivity index (χ3v) is 3.36. The van der Waals surface area contributed by atoms with Gasteiger partial charge in [0.1, 0.15) is 5.75 Å². The van der Waals surface area contributed by atoms with Crippen molar-refractivity contribution in [3.8, 4) is 5.75 Å². The molecular formula is C13H21N3O2S. The van der Waals surface area contributed by atoms with Gasteiger partial charge in [0.15, 0.2) is 0 Å². The molecule has 0 spiro atoms. The van der Waals surface area contributed by atoms with Crippen LogP contribution in [0.4, 0.5) is 0 Å². The maximum absolute atomic E-state index is 11.5. The average molecular weight is 283 g/mol. The van der Waals surface area contributed by atoms with E-state index < -0.39 is 0 Å². The van der Waals surface area contributed by atoms with Gasteiger partial charge in [0.05, 0.1) is 12.2 Å². The summed E-state index contributed by atoms with van der Waals surface area (Å²) in [5, 5.41) is 0. The van der Waals surface area contributed by atoms with E-state index in [-0.39, 0.29) is 5.91 Å². The SMILES string of the molecule is CN(C)CCSCCOc1ccccc1C(=O)NN. The summed E-state index contributed by atoms with van der Waals surface area (Å²) in [6, 6.07) is 7.08. The van der Waals surface area contributed by atoms with Gasteiger partial charge in [0.2, 0.25) is 0 Å². The second-order valence-corrected chi connectivity index (χ2v) is 5.46. The summed E-state index contributed by atoms with van der Waals surface area (Å²) < 4.78 is 5.62. The lowest BCUT2D eigenvalue weighted by Crippen LogP contribution is -2.30. The number of nitrogen functional groups attached to an aromatic ring is 1. The number of hydrogen-bond acceptors (Lipinski definition) is 5. The molecule has 0 aromatic heterocycles. The van der Waals surface area contributed by atoms with Crippen molar-refractivity contribution in [1.82, 2.24) is 10.3 Å². The number of hydrogen-bond donors (Lipinski definition) is 2. The molecule has 1 aromatic rings. The zero-order valence-electron chi connectivity index (χ0n) is 11.4. The summed E-state index contributed by atoms with van der Waals surface area (Å²) in [5.41, 5.74) is 2.58. The second-order valence-electron chi connectivity index (χ2n) is 4.23. The highest BCUT2D eigenvalue weighted by Gasteiger charge is 2.09. The highest BCUT2D eigenvalue weighted by Crippen LogP contribution is 2.17. The van der Waals surface area contributed by atoms with Crippen LogP contribution in [0, 0.1) is 0 Å². The van der Waals surface area contributed by atoms with Crippen LogP contribution in [0.15, 0.2) is 24.3 Å². The molecule has 0 unspecified atom stereocenters.